The van der Waals surface area contributed by atoms with E-state index >= 15 is 0 Å². The largest absolute Gasteiger partial charge is 0.481 e. The van der Waals surface area contributed by atoms with Gasteiger partial charge in [0.25, 0.3) is 0 Å². The summed E-state index contributed by atoms with van der Waals surface area (Å²) in [7, 11) is 0. The Morgan fingerprint density at radius 2 is 1.97 bits per heavy atom. The van der Waals surface area contributed by atoms with E-state index in [2.05, 4.69) is 13.0 Å². The van der Waals surface area contributed by atoms with Gasteiger partial charge in [0.05, 0.1) is 30.7 Å². The number of carboxylic acids is 1. The molecule has 170 valence electrons. The molecule has 8 atom stereocenters. The second-order valence-corrected chi connectivity index (χ2v) is 8.88. The van der Waals surface area contributed by atoms with Crippen LogP contribution in [-0.2, 0) is 14.3 Å². The third-order valence-corrected chi connectivity index (χ3v) is 6.44. The zero-order valence-corrected chi connectivity index (χ0v) is 18.1. The summed E-state index contributed by atoms with van der Waals surface area (Å²) in [5.74, 6) is -1.31. The van der Waals surface area contributed by atoms with Crippen molar-refractivity contribution in [1.82, 2.24) is 0 Å². The van der Waals surface area contributed by atoms with Crippen molar-refractivity contribution in [3.63, 3.8) is 0 Å². The average molecular weight is 425 g/mol. The smallest absolute Gasteiger partial charge is 0.308 e. The van der Waals surface area contributed by atoms with Gasteiger partial charge in [-0.1, -0.05) is 39.0 Å². The first-order valence-corrected chi connectivity index (χ1v) is 11.0. The number of carbonyl (C=O) groups is 2. The molecule has 0 aliphatic heterocycles. The standard InChI is InChI=1S/C23H36O7/c1-4-13(2)23(29)30-20-11-17(25)9-15-6-5-14(3)19(22(15)20)8-7-16(24)10-18(26)12-21(27)28/h5-6,9,13-14,16-20,22,24-26H,4,7-8,10-12H2,1-3H3,(H,27,28)/t13?,14?,16?,17?,18?,19?,20?,22-/m0/s1. The van der Waals surface area contributed by atoms with Crippen molar-refractivity contribution in [1.29, 1.82) is 0 Å². The SMILES string of the molecule is CCC(C)C(=O)OC1CC(O)C=C2C=CC(C)C(CCC(O)CC(O)CC(=O)O)[C@H]21. The molecule has 0 bridgehead atoms. The van der Waals surface area contributed by atoms with Gasteiger partial charge in [-0.25, -0.2) is 0 Å². The minimum atomic E-state index is -1.10. The highest BCUT2D eigenvalue weighted by Crippen LogP contribution is 2.44. The van der Waals surface area contributed by atoms with Gasteiger partial charge < -0.3 is 25.2 Å². The van der Waals surface area contributed by atoms with Crippen LogP contribution in [0.3, 0.4) is 0 Å². The Hall–Kier alpha value is -1.70. The molecule has 0 saturated heterocycles. The molecule has 0 spiro atoms. The lowest BCUT2D eigenvalue weighted by Crippen LogP contribution is -2.43. The molecule has 7 unspecified atom stereocenters. The molecule has 30 heavy (non-hydrogen) atoms. The number of carbonyl (C=O) groups excluding carboxylic acids is 1. The van der Waals surface area contributed by atoms with Gasteiger partial charge in [0, 0.05) is 12.3 Å². The molecule has 0 aromatic heterocycles. The molecule has 0 fully saturated rings. The number of esters is 1. The first-order chi connectivity index (χ1) is 14.1. The van der Waals surface area contributed by atoms with Crippen molar-refractivity contribution < 1.29 is 34.8 Å². The molecule has 0 amide bonds. The molecule has 7 nitrogen and oxygen atoms in total. The van der Waals surface area contributed by atoms with E-state index in [1.54, 1.807) is 0 Å². The van der Waals surface area contributed by atoms with Gasteiger partial charge in [-0.2, -0.15) is 0 Å². The van der Waals surface area contributed by atoms with Crippen molar-refractivity contribution >= 4 is 11.9 Å². The molecular formula is C23H36O7. The number of rotatable bonds is 10. The highest BCUT2D eigenvalue weighted by atomic mass is 16.5. The van der Waals surface area contributed by atoms with Crippen molar-refractivity contribution in [3.05, 3.63) is 23.8 Å². The molecule has 0 heterocycles. The number of aliphatic carboxylic acids is 1. The highest BCUT2D eigenvalue weighted by molar-refractivity contribution is 5.72. The number of allylic oxidation sites excluding steroid dienone is 2. The summed E-state index contributed by atoms with van der Waals surface area (Å²) in [5.41, 5.74) is 0.958. The van der Waals surface area contributed by atoms with Crippen LogP contribution in [0.4, 0.5) is 0 Å². The van der Waals surface area contributed by atoms with E-state index in [4.69, 9.17) is 9.84 Å². The summed E-state index contributed by atoms with van der Waals surface area (Å²) in [6, 6.07) is 0. The minimum Gasteiger partial charge on any atom is -0.481 e. The normalized spacial score (nSPS) is 31.3. The Labute approximate surface area is 178 Å². The molecule has 2 rings (SSSR count). The molecule has 0 saturated carbocycles. The van der Waals surface area contributed by atoms with Gasteiger partial charge in [-0.05, 0) is 43.1 Å². The first-order valence-electron chi connectivity index (χ1n) is 11.0. The molecule has 7 heteroatoms. The lowest BCUT2D eigenvalue weighted by atomic mass is 9.66. The topological polar surface area (TPSA) is 124 Å². The van der Waals surface area contributed by atoms with Crippen LogP contribution in [0.15, 0.2) is 23.8 Å². The summed E-state index contributed by atoms with van der Waals surface area (Å²) < 4.78 is 5.84. The minimum absolute atomic E-state index is 0.0156. The molecule has 0 radical (unpaired) electrons. The molecule has 0 aromatic carbocycles. The second-order valence-electron chi connectivity index (χ2n) is 8.88. The third-order valence-electron chi connectivity index (χ3n) is 6.44. The van der Waals surface area contributed by atoms with Crippen LogP contribution in [0.25, 0.3) is 0 Å². The van der Waals surface area contributed by atoms with Crippen LogP contribution in [0.1, 0.15) is 59.3 Å². The fourth-order valence-corrected chi connectivity index (χ4v) is 4.52. The fourth-order valence-electron chi connectivity index (χ4n) is 4.52. The van der Waals surface area contributed by atoms with E-state index in [-0.39, 0.29) is 42.5 Å². The number of fused-ring (bicyclic) bond motifs is 1. The van der Waals surface area contributed by atoms with Crippen LogP contribution < -0.4 is 0 Å². The van der Waals surface area contributed by atoms with E-state index in [1.165, 1.54) is 0 Å². The average Bonchev–Trinajstić information content (AvgIpc) is 2.65. The van der Waals surface area contributed by atoms with Gasteiger partial charge in [0.1, 0.15) is 6.10 Å². The first kappa shape index (κ1) is 24.6. The summed E-state index contributed by atoms with van der Waals surface area (Å²) in [4.78, 5) is 23.1. The lowest BCUT2D eigenvalue weighted by Gasteiger charge is -2.43. The molecule has 0 aromatic rings. The van der Waals surface area contributed by atoms with Crippen LogP contribution in [0.2, 0.25) is 0 Å². The summed E-state index contributed by atoms with van der Waals surface area (Å²) in [6.45, 7) is 5.85. The van der Waals surface area contributed by atoms with Crippen molar-refractivity contribution in [3.8, 4) is 0 Å². The second kappa shape index (κ2) is 11.1. The Bertz CT molecular complexity index is 656. The Kier molecular flexibility index (Phi) is 9.07. The maximum atomic E-state index is 12.4. The Morgan fingerprint density at radius 3 is 2.60 bits per heavy atom. The predicted octanol–water partition coefficient (Wildman–Crippen LogP) is 2.44. The van der Waals surface area contributed by atoms with Crippen LogP contribution >= 0.6 is 0 Å². The molecule has 2 aliphatic carbocycles. The Balaban J connectivity index is 2.09. The van der Waals surface area contributed by atoms with Crippen LogP contribution in [0.5, 0.6) is 0 Å². The highest BCUT2D eigenvalue weighted by Gasteiger charge is 2.42. The number of hydrogen-bond acceptors (Lipinski definition) is 6. The van der Waals surface area contributed by atoms with Crippen molar-refractivity contribution in [2.24, 2.45) is 23.7 Å². The molecule has 2 aliphatic rings. The van der Waals surface area contributed by atoms with Gasteiger partial charge in [-0.15, -0.1) is 0 Å². The van der Waals surface area contributed by atoms with E-state index in [0.717, 1.165) is 5.57 Å². The maximum Gasteiger partial charge on any atom is 0.308 e. The number of carboxylic acid groups (broad SMARTS) is 1. The summed E-state index contributed by atoms with van der Waals surface area (Å²) >= 11 is 0. The number of ether oxygens (including phenoxy) is 1. The van der Waals surface area contributed by atoms with Gasteiger partial charge in [0.15, 0.2) is 0 Å². The zero-order chi connectivity index (χ0) is 22.4. The van der Waals surface area contributed by atoms with Gasteiger partial charge in [-0.3, -0.25) is 9.59 Å². The lowest BCUT2D eigenvalue weighted by molar-refractivity contribution is -0.159. The van der Waals surface area contributed by atoms with E-state index in [9.17, 15) is 24.9 Å². The van der Waals surface area contributed by atoms with E-state index < -0.39 is 30.4 Å². The quantitative estimate of drug-likeness (QED) is 0.397. The van der Waals surface area contributed by atoms with Gasteiger partial charge >= 0.3 is 11.9 Å². The van der Waals surface area contributed by atoms with Crippen LogP contribution in [0, 0.1) is 23.7 Å². The maximum absolute atomic E-state index is 12.4. The van der Waals surface area contributed by atoms with Crippen LogP contribution in [-0.4, -0.2) is 56.8 Å². The van der Waals surface area contributed by atoms with Crippen molar-refractivity contribution in [2.45, 2.75) is 83.7 Å². The molecule has 4 N–H and O–H groups in total. The summed E-state index contributed by atoms with van der Waals surface area (Å²) in [5, 5.41) is 39.1. The number of aliphatic hydroxyl groups is 3. The number of hydrogen-bond donors (Lipinski definition) is 4. The zero-order valence-electron chi connectivity index (χ0n) is 18.1. The van der Waals surface area contributed by atoms with Gasteiger partial charge in [0.2, 0.25) is 0 Å². The monoisotopic (exact) mass is 424 g/mol. The third kappa shape index (κ3) is 6.65. The van der Waals surface area contributed by atoms with E-state index in [0.29, 0.717) is 25.7 Å². The van der Waals surface area contributed by atoms with E-state index in [1.807, 2.05) is 26.0 Å². The predicted molar refractivity (Wildman–Crippen MR) is 111 cm³/mol. The molecular weight excluding hydrogens is 388 g/mol. The summed E-state index contributed by atoms with van der Waals surface area (Å²) in [6.07, 6.45) is 4.64. The van der Waals surface area contributed by atoms with Crippen molar-refractivity contribution in [2.75, 3.05) is 0 Å². The fraction of sp³-hybridized carbons (Fsp3) is 0.739. The Morgan fingerprint density at radius 1 is 1.27 bits per heavy atom. The number of aliphatic hydroxyl groups excluding tert-OH is 3.